The predicted molar refractivity (Wildman–Crippen MR) is 81.5 cm³/mol. The summed E-state index contributed by atoms with van der Waals surface area (Å²) in [6.45, 7) is 0.700. The predicted octanol–water partition coefficient (Wildman–Crippen LogP) is 2.84. The number of rotatable bonds is 2. The van der Waals surface area contributed by atoms with E-state index < -0.39 is 0 Å². The molecule has 4 nitrogen and oxygen atoms in total. The molecule has 2 aliphatic rings. The van der Waals surface area contributed by atoms with Crippen LogP contribution in [0.15, 0.2) is 60.8 Å². The Morgan fingerprint density at radius 2 is 1.86 bits per heavy atom. The largest absolute Gasteiger partial charge is 0.618 e. The number of nitrogens with zero attached hydrogens (tertiary/aromatic N) is 1. The van der Waals surface area contributed by atoms with Crippen LogP contribution >= 0.6 is 0 Å². The number of aromatic nitrogens is 1. The highest BCUT2D eigenvalue weighted by atomic mass is 16.7. The Hall–Kier alpha value is -2.33. The zero-order valence-electron chi connectivity index (χ0n) is 12.1. The molecule has 0 amide bonds. The van der Waals surface area contributed by atoms with Crippen molar-refractivity contribution in [1.82, 2.24) is 0 Å². The molecule has 4 heteroatoms. The Labute approximate surface area is 129 Å². The zero-order valence-corrected chi connectivity index (χ0v) is 12.1. The van der Waals surface area contributed by atoms with E-state index in [0.717, 1.165) is 11.2 Å². The van der Waals surface area contributed by atoms with E-state index >= 15 is 0 Å². The van der Waals surface area contributed by atoms with Crippen LogP contribution in [0.1, 0.15) is 23.6 Å². The van der Waals surface area contributed by atoms with Crippen molar-refractivity contribution in [2.45, 2.75) is 18.6 Å². The number of pyridine rings is 1. The van der Waals surface area contributed by atoms with Crippen LogP contribution in [0.2, 0.25) is 0 Å². The fourth-order valence-electron chi connectivity index (χ4n) is 3.28. The van der Waals surface area contributed by atoms with Crippen LogP contribution in [0.5, 0.6) is 0 Å². The zero-order chi connectivity index (χ0) is 14.9. The Morgan fingerprint density at radius 3 is 2.68 bits per heavy atom. The molecule has 1 saturated heterocycles. The van der Waals surface area contributed by atoms with Gasteiger partial charge in [-0.1, -0.05) is 30.3 Å². The van der Waals surface area contributed by atoms with Crippen molar-refractivity contribution in [2.75, 3.05) is 6.61 Å². The number of hydrogen-bond acceptors (Lipinski definition) is 3. The van der Waals surface area contributed by atoms with Crippen LogP contribution in [0.25, 0.3) is 5.76 Å². The minimum absolute atomic E-state index is 0.206. The maximum atomic E-state index is 12.0. The van der Waals surface area contributed by atoms with Crippen LogP contribution in [0, 0.1) is 11.1 Å². The number of hydrogen-bond donors (Lipinski definition) is 0. The molecule has 0 N–H and O–H groups in total. The van der Waals surface area contributed by atoms with Crippen molar-refractivity contribution in [1.29, 1.82) is 0 Å². The minimum atomic E-state index is -0.273. The quantitative estimate of drug-likeness (QED) is 0.632. The van der Waals surface area contributed by atoms with E-state index in [0.29, 0.717) is 24.0 Å². The summed E-state index contributed by atoms with van der Waals surface area (Å²) in [6, 6.07) is 15.7. The molecule has 0 unspecified atom stereocenters. The number of fused-ring (bicyclic) bond motifs is 1. The second-order valence-corrected chi connectivity index (χ2v) is 5.69. The summed E-state index contributed by atoms with van der Waals surface area (Å²) in [5.74, 6) is 1.11. The number of benzene rings is 1. The molecule has 3 atom stereocenters. The van der Waals surface area contributed by atoms with Crippen LogP contribution < -0.4 is 4.73 Å². The number of allylic oxidation sites excluding steroid dienone is 1. The maximum Gasteiger partial charge on any atom is 0.258 e. The summed E-state index contributed by atoms with van der Waals surface area (Å²) in [6.07, 6.45) is 4.25. The first-order valence-corrected chi connectivity index (χ1v) is 7.56. The van der Waals surface area contributed by atoms with Gasteiger partial charge in [-0.05, 0) is 24.1 Å². The molecule has 4 rings (SSSR count). The van der Waals surface area contributed by atoms with Crippen molar-refractivity contribution in [3.63, 3.8) is 0 Å². The summed E-state index contributed by atoms with van der Waals surface area (Å²) in [4.78, 5) is 0. The lowest BCUT2D eigenvalue weighted by molar-refractivity contribution is -0.609. The fraction of sp³-hybridized carbons (Fsp3) is 0.278. The van der Waals surface area contributed by atoms with Crippen LogP contribution in [0.3, 0.4) is 0 Å². The van der Waals surface area contributed by atoms with Crippen molar-refractivity contribution in [3.05, 3.63) is 77.3 Å². The van der Waals surface area contributed by atoms with Gasteiger partial charge in [-0.25, -0.2) is 0 Å². The van der Waals surface area contributed by atoms with Gasteiger partial charge >= 0.3 is 0 Å². The summed E-state index contributed by atoms with van der Waals surface area (Å²) >= 11 is 0. The molecule has 0 aliphatic carbocycles. The van der Waals surface area contributed by atoms with E-state index in [1.165, 1.54) is 11.8 Å². The molecule has 0 saturated carbocycles. The third kappa shape index (κ3) is 2.25. The third-order valence-electron chi connectivity index (χ3n) is 4.38. The highest BCUT2D eigenvalue weighted by Gasteiger charge is 2.41. The van der Waals surface area contributed by atoms with E-state index in [1.807, 2.05) is 24.3 Å². The highest BCUT2D eigenvalue weighted by molar-refractivity contribution is 5.57. The Kier molecular flexibility index (Phi) is 3.31. The molecule has 1 aromatic heterocycles. The molecule has 0 radical (unpaired) electrons. The number of ether oxygens (including phenoxy) is 2. The monoisotopic (exact) mass is 295 g/mol. The molecule has 0 bridgehead atoms. The van der Waals surface area contributed by atoms with Gasteiger partial charge in [-0.3, -0.25) is 0 Å². The van der Waals surface area contributed by atoms with Gasteiger partial charge in [0.1, 0.15) is 0 Å². The lowest BCUT2D eigenvalue weighted by atomic mass is 9.82. The molecular formula is C18H17NO3. The van der Waals surface area contributed by atoms with E-state index in [2.05, 4.69) is 18.2 Å². The van der Waals surface area contributed by atoms with E-state index in [-0.39, 0.29) is 12.2 Å². The first kappa shape index (κ1) is 13.3. The molecule has 2 aromatic rings. The topological polar surface area (TPSA) is 45.4 Å². The SMILES string of the molecule is [O-][n+]1ccccc1C1=C[C@@H](c2ccccc2)[C@H]2CCO[C@H]2O1. The van der Waals surface area contributed by atoms with Gasteiger partial charge in [-0.15, -0.1) is 0 Å². The summed E-state index contributed by atoms with van der Waals surface area (Å²) in [5, 5.41) is 12.0. The fourth-order valence-corrected chi connectivity index (χ4v) is 3.28. The minimum Gasteiger partial charge on any atom is -0.618 e. The van der Waals surface area contributed by atoms with E-state index in [4.69, 9.17) is 9.47 Å². The standard InChI is InChI=1S/C18H17NO3/c20-19-10-5-4-8-16(19)17-12-15(13-6-2-1-3-7-13)14-9-11-21-18(14)22-17/h1-8,10,12,14-15,18H,9,11H2/t14-,15+,18+/m1/s1. The first-order chi connectivity index (χ1) is 10.8. The second-order valence-electron chi connectivity index (χ2n) is 5.69. The maximum absolute atomic E-state index is 12.0. The van der Waals surface area contributed by atoms with E-state index in [9.17, 15) is 5.21 Å². The molecule has 1 fully saturated rings. The third-order valence-corrected chi connectivity index (χ3v) is 4.38. The molecule has 2 aliphatic heterocycles. The smallest absolute Gasteiger partial charge is 0.258 e. The summed E-state index contributed by atoms with van der Waals surface area (Å²) in [5.41, 5.74) is 1.76. The van der Waals surface area contributed by atoms with Gasteiger partial charge < -0.3 is 14.7 Å². The molecule has 0 spiro atoms. The molecule has 112 valence electrons. The van der Waals surface area contributed by atoms with Gasteiger partial charge in [0.05, 0.1) is 6.61 Å². The summed E-state index contributed by atoms with van der Waals surface area (Å²) < 4.78 is 12.5. The normalized spacial score (nSPS) is 26.9. The van der Waals surface area contributed by atoms with Crippen LogP contribution in [-0.2, 0) is 9.47 Å². The lowest BCUT2D eigenvalue weighted by Crippen LogP contribution is -2.35. The molecule has 3 heterocycles. The lowest BCUT2D eigenvalue weighted by Gasteiger charge is -2.31. The van der Waals surface area contributed by atoms with Gasteiger partial charge in [0.15, 0.2) is 12.0 Å². The van der Waals surface area contributed by atoms with Crippen LogP contribution in [-0.4, -0.2) is 12.9 Å². The Balaban J connectivity index is 1.78. The van der Waals surface area contributed by atoms with E-state index in [1.54, 1.807) is 12.1 Å². The van der Waals surface area contributed by atoms with Gasteiger partial charge in [0.2, 0.25) is 6.29 Å². The average Bonchev–Trinajstić information content (AvgIpc) is 3.03. The van der Waals surface area contributed by atoms with Crippen molar-refractivity contribution >= 4 is 5.76 Å². The Bertz CT molecular complexity index is 698. The molecule has 1 aromatic carbocycles. The summed E-state index contributed by atoms with van der Waals surface area (Å²) in [7, 11) is 0. The van der Waals surface area contributed by atoms with Gasteiger partial charge in [0.25, 0.3) is 5.69 Å². The Morgan fingerprint density at radius 1 is 1.05 bits per heavy atom. The van der Waals surface area contributed by atoms with Gasteiger partial charge in [-0.2, -0.15) is 4.73 Å². The molecular weight excluding hydrogens is 278 g/mol. The van der Waals surface area contributed by atoms with Crippen molar-refractivity contribution < 1.29 is 14.2 Å². The molecule has 22 heavy (non-hydrogen) atoms. The second kappa shape index (κ2) is 5.46. The average molecular weight is 295 g/mol. The van der Waals surface area contributed by atoms with Crippen LogP contribution in [0.4, 0.5) is 0 Å². The van der Waals surface area contributed by atoms with Gasteiger partial charge in [0, 0.05) is 24.0 Å². The first-order valence-electron chi connectivity index (χ1n) is 7.56. The highest BCUT2D eigenvalue weighted by Crippen LogP contribution is 2.43. The van der Waals surface area contributed by atoms with Crippen molar-refractivity contribution in [3.8, 4) is 0 Å². The van der Waals surface area contributed by atoms with Crippen molar-refractivity contribution in [2.24, 2.45) is 5.92 Å².